The first kappa shape index (κ1) is 44.4. The second-order valence-electron chi connectivity index (χ2n) is 16.7. The molecule has 0 aromatic heterocycles. The predicted molar refractivity (Wildman–Crippen MR) is 250 cm³/mol. The van der Waals surface area contributed by atoms with Gasteiger partial charge < -0.3 is 19.1 Å². The summed E-state index contributed by atoms with van der Waals surface area (Å²) in [5.41, 5.74) is 6.07. The van der Waals surface area contributed by atoms with Gasteiger partial charge in [-0.25, -0.2) is 4.58 Å². The summed E-state index contributed by atoms with van der Waals surface area (Å²) in [7, 11) is 1.21. The number of ether oxygens (including phenoxy) is 3. The summed E-state index contributed by atoms with van der Waals surface area (Å²) in [5, 5.41) is 2.29. The Hall–Kier alpha value is -5.14. The Balaban J connectivity index is 1.06. The number of benzene rings is 6. The molecule has 6 aromatic carbocycles. The highest BCUT2D eigenvalue weighted by Crippen LogP contribution is 2.50. The number of rotatable bonds is 22. The molecule has 6 heteroatoms. The van der Waals surface area contributed by atoms with Crippen molar-refractivity contribution >= 4 is 19.4 Å². The molecule has 0 N–H and O–H groups in total. The first-order chi connectivity index (χ1) is 29.3. The molecule has 0 bridgehead atoms. The van der Waals surface area contributed by atoms with Gasteiger partial charge in [0.2, 0.25) is 11.5 Å². The quantitative estimate of drug-likeness (QED) is 0.0224. The lowest BCUT2D eigenvalue weighted by Crippen LogP contribution is -2.45. The third-order valence-corrected chi connectivity index (χ3v) is 13.8. The van der Waals surface area contributed by atoms with E-state index in [1.54, 1.807) is 14.2 Å². The summed E-state index contributed by atoms with van der Waals surface area (Å²) >= 11 is 0. The van der Waals surface area contributed by atoms with Crippen LogP contribution in [0.3, 0.4) is 0 Å². The highest BCUT2D eigenvalue weighted by molar-refractivity contribution is 6.79. The molecular formula is C54H64O5Si. The fraction of sp³-hybridized carbons (Fsp3) is 0.333. The summed E-state index contributed by atoms with van der Waals surface area (Å²) < 4.78 is 25.7. The van der Waals surface area contributed by atoms with E-state index in [9.17, 15) is 0 Å². The smallest absolute Gasteiger partial charge is 0.301 e. The maximum absolute atomic E-state index is 7.01. The Morgan fingerprint density at radius 2 is 0.867 bits per heavy atom. The number of unbranched alkanes of at least 4 members (excludes halogenated alkanes) is 7. The molecular weight excluding hydrogens is 757 g/mol. The van der Waals surface area contributed by atoms with Gasteiger partial charge in [-0.3, -0.25) is 0 Å². The highest BCUT2D eigenvalue weighted by Gasteiger charge is 2.37. The molecule has 6 aromatic rings. The van der Waals surface area contributed by atoms with E-state index in [4.69, 9.17) is 23.7 Å². The fourth-order valence-electron chi connectivity index (χ4n) is 8.63. The standard InChI is InChI=1S/C54H64O5Si/c1-42-48(50(52(56-6)51(55-5)49(42)53(2,3)4)58-59-60(46-36-24-16-25-37-46)47-38-26-17-27-39-47)40-28-11-9-7-8-10-12-29-41-57-54(43-30-18-13-19-31-43,44-32-20-14-21-33-44)45-34-22-15-23-35-45/h13-27,30-39,60H,7-12,28-29,40-41H2,1-6H3. The van der Waals surface area contributed by atoms with E-state index in [1.165, 1.54) is 31.2 Å². The van der Waals surface area contributed by atoms with E-state index < -0.39 is 14.6 Å². The normalized spacial score (nSPS) is 11.8. The van der Waals surface area contributed by atoms with Crippen molar-refractivity contribution in [1.82, 2.24) is 0 Å². The molecule has 0 heterocycles. The lowest BCUT2D eigenvalue weighted by atomic mass is 9.80. The molecule has 314 valence electrons. The summed E-state index contributed by atoms with van der Waals surface area (Å²) in [6.07, 6.45) is 10.0. The van der Waals surface area contributed by atoms with Crippen LogP contribution in [0.5, 0.6) is 17.2 Å². The van der Waals surface area contributed by atoms with Crippen LogP contribution in [-0.4, -0.2) is 29.9 Å². The molecule has 0 aliphatic heterocycles. The SMILES string of the molecule is COc1c(OO[SiH](c2ccccc2)c2ccccc2)c(CCCCCCCCCCOC(c2ccccc2)(c2ccccc2)c2ccccc2)c(C)c(C(C)(C)C)c1OC. The summed E-state index contributed by atoms with van der Waals surface area (Å²) in [4.78, 5) is 6.51. The van der Waals surface area contributed by atoms with Crippen LogP contribution >= 0.6 is 0 Å². The van der Waals surface area contributed by atoms with Crippen molar-refractivity contribution in [3.63, 3.8) is 0 Å². The van der Waals surface area contributed by atoms with Crippen LogP contribution in [0.25, 0.3) is 0 Å². The minimum Gasteiger partial charge on any atom is -0.492 e. The van der Waals surface area contributed by atoms with E-state index in [1.807, 2.05) is 12.1 Å². The van der Waals surface area contributed by atoms with E-state index in [2.05, 4.69) is 167 Å². The molecule has 0 unspecified atom stereocenters. The summed E-state index contributed by atoms with van der Waals surface area (Å²) in [6, 6.07) is 52.8. The van der Waals surface area contributed by atoms with Crippen LogP contribution in [0.15, 0.2) is 152 Å². The molecule has 60 heavy (non-hydrogen) atoms. The van der Waals surface area contributed by atoms with Gasteiger partial charge in [0.25, 0.3) is 0 Å². The third-order valence-electron chi connectivity index (χ3n) is 11.5. The van der Waals surface area contributed by atoms with Crippen LogP contribution < -0.4 is 24.7 Å². The zero-order chi connectivity index (χ0) is 42.2. The zero-order valence-electron chi connectivity index (χ0n) is 36.6. The van der Waals surface area contributed by atoms with Crippen LogP contribution in [-0.2, 0) is 26.8 Å². The average Bonchev–Trinajstić information content (AvgIpc) is 3.28. The minimum absolute atomic E-state index is 0.167. The van der Waals surface area contributed by atoms with E-state index in [0.29, 0.717) is 23.9 Å². The molecule has 0 saturated heterocycles. The molecule has 0 aliphatic rings. The van der Waals surface area contributed by atoms with Gasteiger partial charge in [0, 0.05) is 17.7 Å². The van der Waals surface area contributed by atoms with Crippen molar-refractivity contribution in [3.8, 4) is 17.2 Å². The summed E-state index contributed by atoms with van der Waals surface area (Å²) in [5.74, 6) is 1.93. The van der Waals surface area contributed by atoms with Crippen LogP contribution in [0, 0.1) is 6.92 Å². The van der Waals surface area contributed by atoms with Gasteiger partial charge in [-0.2, -0.15) is 0 Å². The molecule has 0 atom stereocenters. The molecule has 6 rings (SSSR count). The Labute approximate surface area is 361 Å². The minimum atomic E-state index is -2.20. The van der Waals surface area contributed by atoms with Gasteiger partial charge in [0.05, 0.1) is 14.2 Å². The topological polar surface area (TPSA) is 46.2 Å². The fourth-order valence-corrected chi connectivity index (χ4v) is 10.6. The monoisotopic (exact) mass is 820 g/mol. The molecule has 0 amide bonds. The first-order valence-electron chi connectivity index (χ1n) is 21.8. The van der Waals surface area contributed by atoms with Crippen molar-refractivity contribution in [2.24, 2.45) is 0 Å². The first-order valence-corrected chi connectivity index (χ1v) is 23.4. The molecule has 0 aliphatic carbocycles. The zero-order valence-corrected chi connectivity index (χ0v) is 37.8. The van der Waals surface area contributed by atoms with Gasteiger partial charge in [0.1, 0.15) is 5.60 Å². The summed E-state index contributed by atoms with van der Waals surface area (Å²) in [6.45, 7) is 9.56. The van der Waals surface area contributed by atoms with Crippen molar-refractivity contribution in [1.29, 1.82) is 0 Å². The predicted octanol–water partition coefficient (Wildman–Crippen LogP) is 11.8. The molecule has 0 saturated carbocycles. The van der Waals surface area contributed by atoms with Crippen molar-refractivity contribution in [3.05, 3.63) is 185 Å². The number of methoxy groups -OCH3 is 2. The maximum atomic E-state index is 7.01. The van der Waals surface area contributed by atoms with Crippen LogP contribution in [0.2, 0.25) is 0 Å². The molecule has 5 nitrogen and oxygen atoms in total. The molecule has 0 spiro atoms. The third kappa shape index (κ3) is 10.8. The Morgan fingerprint density at radius 1 is 0.467 bits per heavy atom. The Morgan fingerprint density at radius 3 is 1.28 bits per heavy atom. The van der Waals surface area contributed by atoms with Gasteiger partial charge in [-0.15, -0.1) is 0 Å². The van der Waals surface area contributed by atoms with Gasteiger partial charge in [0.15, 0.2) is 5.75 Å². The van der Waals surface area contributed by atoms with E-state index >= 15 is 0 Å². The van der Waals surface area contributed by atoms with E-state index in [-0.39, 0.29) is 5.41 Å². The Kier molecular flexibility index (Phi) is 16.2. The van der Waals surface area contributed by atoms with Gasteiger partial charge in [-0.05, 0) is 64.2 Å². The maximum Gasteiger partial charge on any atom is 0.301 e. The van der Waals surface area contributed by atoms with Crippen molar-refractivity contribution in [2.75, 3.05) is 20.8 Å². The van der Waals surface area contributed by atoms with Crippen LogP contribution in [0.1, 0.15) is 106 Å². The van der Waals surface area contributed by atoms with E-state index in [0.717, 1.165) is 70.3 Å². The molecule has 0 radical (unpaired) electrons. The lowest BCUT2D eigenvalue weighted by molar-refractivity contribution is -0.104. The second kappa shape index (κ2) is 21.9. The second-order valence-corrected chi connectivity index (χ2v) is 19.0. The van der Waals surface area contributed by atoms with Crippen molar-refractivity contribution < 1.29 is 23.7 Å². The number of hydrogen-bond acceptors (Lipinski definition) is 5. The lowest BCUT2D eigenvalue weighted by Gasteiger charge is -2.36. The van der Waals surface area contributed by atoms with Gasteiger partial charge in [-0.1, -0.05) is 211 Å². The average molecular weight is 821 g/mol. The largest absolute Gasteiger partial charge is 0.492 e. The molecule has 0 fully saturated rings. The van der Waals surface area contributed by atoms with Crippen LogP contribution in [0.4, 0.5) is 0 Å². The van der Waals surface area contributed by atoms with Crippen molar-refractivity contribution in [2.45, 2.75) is 96.5 Å². The Bertz CT molecular complexity index is 2020. The van der Waals surface area contributed by atoms with Gasteiger partial charge >= 0.3 is 9.04 Å². The highest BCUT2D eigenvalue weighted by atomic mass is 28.3. The number of hydrogen-bond donors (Lipinski definition) is 0.